The molecule has 1 heterocycles. The summed E-state index contributed by atoms with van der Waals surface area (Å²) >= 11 is 0. The molecule has 0 spiro atoms. The van der Waals surface area contributed by atoms with E-state index in [1.165, 1.54) is 16.7 Å². The summed E-state index contributed by atoms with van der Waals surface area (Å²) in [6.45, 7) is 16.3. The summed E-state index contributed by atoms with van der Waals surface area (Å²) in [4.78, 5) is 0. The predicted octanol–water partition coefficient (Wildman–Crippen LogP) is 3.06. The van der Waals surface area contributed by atoms with Gasteiger partial charge in [-0.15, -0.1) is 10.2 Å². The molecule has 0 aliphatic carbocycles. The Kier molecular flexibility index (Phi) is 11.3. The molecule has 7 nitrogen and oxygen atoms in total. The first-order valence-electron chi connectivity index (χ1n) is 12.2. The first kappa shape index (κ1) is 30.5. The number of halogens is 1. The number of hydrogen-bond donors (Lipinski definition) is 0. The maximum absolute atomic E-state index is 8.49. The smallest absolute Gasteiger partial charge is 0.360 e. The van der Waals surface area contributed by atoms with E-state index in [9.17, 15) is 0 Å². The van der Waals surface area contributed by atoms with Gasteiger partial charge >= 0.3 is 11.5 Å². The monoisotopic (exact) mass is 532 g/mol. The van der Waals surface area contributed by atoms with E-state index in [0.29, 0.717) is 11.8 Å². The summed E-state index contributed by atoms with van der Waals surface area (Å²) in [6.07, 6.45) is 0.851. The molecule has 0 radical (unpaired) electrons. The molecule has 0 atom stereocenters. The molecule has 0 bridgehead atoms. The Morgan fingerprint density at radius 3 is 1.70 bits per heavy atom. The van der Waals surface area contributed by atoms with E-state index in [1.54, 1.807) is 0 Å². The van der Waals surface area contributed by atoms with Crippen LogP contribution in [0.4, 0.5) is 0 Å². The summed E-state index contributed by atoms with van der Waals surface area (Å²) in [6, 6.07) is 17.0. The topological polar surface area (TPSA) is 122 Å². The minimum absolute atomic E-state index is 0.503. The van der Waals surface area contributed by atoms with Gasteiger partial charge in [-0.1, -0.05) is 39.8 Å². The van der Waals surface area contributed by atoms with Crippen molar-refractivity contribution in [2.24, 2.45) is 11.8 Å². The van der Waals surface area contributed by atoms with E-state index in [-0.39, 0.29) is 0 Å². The number of benzene rings is 2. The highest BCUT2D eigenvalue weighted by Gasteiger charge is 2.17. The van der Waals surface area contributed by atoms with Crippen LogP contribution in [0.2, 0.25) is 0 Å². The van der Waals surface area contributed by atoms with Crippen molar-refractivity contribution >= 4 is 0 Å². The van der Waals surface area contributed by atoms with Crippen LogP contribution in [0.1, 0.15) is 55.7 Å². The van der Waals surface area contributed by atoms with Gasteiger partial charge in [0.2, 0.25) is 0 Å². The Balaban J connectivity index is 0.000000877. The maximum atomic E-state index is 8.49. The normalized spacial score (nSPS) is 11.4. The highest BCUT2D eigenvalue weighted by atomic mass is 35.7. The molecular weight excluding hydrogens is 496 g/mol. The lowest BCUT2D eigenvalue weighted by Gasteiger charge is -2.17. The molecule has 37 heavy (non-hydrogen) atoms. The molecular formula is C29H37ClO7. The first-order valence-corrected chi connectivity index (χ1v) is 13.5. The van der Waals surface area contributed by atoms with Crippen LogP contribution in [-0.4, -0.2) is 13.2 Å². The Morgan fingerprint density at radius 1 is 0.703 bits per heavy atom. The number of aryl methyl sites for hydroxylation is 3. The van der Waals surface area contributed by atoms with Crippen LogP contribution in [0.15, 0.2) is 52.9 Å². The van der Waals surface area contributed by atoms with E-state index in [1.807, 2.05) is 13.0 Å². The van der Waals surface area contributed by atoms with Gasteiger partial charge in [0.1, 0.15) is 11.5 Å². The molecule has 8 heteroatoms. The Bertz CT molecular complexity index is 1150. The van der Waals surface area contributed by atoms with Gasteiger partial charge in [-0.3, -0.25) is 0 Å². The van der Waals surface area contributed by atoms with Gasteiger partial charge in [-0.25, -0.2) is 23.1 Å². The van der Waals surface area contributed by atoms with Crippen LogP contribution in [0.5, 0.6) is 11.5 Å². The van der Waals surface area contributed by atoms with Crippen molar-refractivity contribution < 1.29 is 42.8 Å². The van der Waals surface area contributed by atoms with Gasteiger partial charge in [0.05, 0.1) is 25.7 Å². The summed E-state index contributed by atoms with van der Waals surface area (Å²) < 4.78 is 51.9. The number of hydrogen-bond acceptors (Lipinski definition) is 6. The third kappa shape index (κ3) is 11.5. The van der Waals surface area contributed by atoms with Crippen molar-refractivity contribution in [1.82, 2.24) is 0 Å². The lowest BCUT2D eigenvalue weighted by molar-refractivity contribution is -2.00. The highest BCUT2D eigenvalue weighted by Crippen LogP contribution is 2.29. The molecule has 3 rings (SSSR count). The fourth-order valence-electron chi connectivity index (χ4n) is 3.64. The number of ether oxygens (including phenoxy) is 2. The number of rotatable bonds is 9. The fourth-order valence-corrected chi connectivity index (χ4v) is 3.64. The van der Waals surface area contributed by atoms with Crippen LogP contribution in [0.3, 0.4) is 0 Å². The zero-order chi connectivity index (χ0) is 27.8. The standard InChI is InChI=1S/C29H37O3.ClHO4/c1-19(2)17-30-27-10-8-24(12-21(27)5)15-25-14-23(7)32-29(16-25)26-9-11-28(22(6)13-26)31-18-20(3)4;2-1(3,4)5/h8-14,16,19-20H,15,17-18H2,1-7H3;(H,2,3,4,5)/q+1;/p-1. The van der Waals surface area contributed by atoms with Crippen molar-refractivity contribution in [1.29, 1.82) is 0 Å². The molecule has 0 amide bonds. The van der Waals surface area contributed by atoms with Crippen LogP contribution in [-0.2, 0) is 6.42 Å². The molecule has 0 aliphatic rings. The first-order chi connectivity index (χ1) is 17.2. The fraction of sp³-hybridized carbons (Fsp3) is 0.414. The van der Waals surface area contributed by atoms with E-state index in [0.717, 1.165) is 53.8 Å². The Hall–Kier alpha value is -2.68. The lowest BCUT2D eigenvalue weighted by Crippen LogP contribution is -2.68. The summed E-state index contributed by atoms with van der Waals surface area (Å²) in [5.41, 5.74) is 5.86. The molecule has 1 aromatic heterocycles. The van der Waals surface area contributed by atoms with Crippen molar-refractivity contribution in [2.45, 2.75) is 54.9 Å². The second kappa shape index (κ2) is 13.7. The summed E-state index contributed by atoms with van der Waals surface area (Å²) in [5.74, 6) is 4.71. The van der Waals surface area contributed by atoms with Gasteiger partial charge in [0, 0.05) is 12.1 Å². The van der Waals surface area contributed by atoms with E-state index in [2.05, 4.69) is 84.0 Å². The van der Waals surface area contributed by atoms with Crippen LogP contribution in [0, 0.1) is 42.9 Å². The van der Waals surface area contributed by atoms with Crippen LogP contribution in [0.25, 0.3) is 11.3 Å². The van der Waals surface area contributed by atoms with Crippen LogP contribution >= 0.6 is 0 Å². The van der Waals surface area contributed by atoms with E-state index < -0.39 is 10.2 Å². The second-order valence-electron chi connectivity index (χ2n) is 9.99. The zero-order valence-corrected chi connectivity index (χ0v) is 23.4. The van der Waals surface area contributed by atoms with Crippen LogP contribution < -0.4 is 28.1 Å². The minimum atomic E-state index is -4.94. The largest absolute Gasteiger partial charge is 0.493 e. The third-order valence-corrected chi connectivity index (χ3v) is 5.23. The molecule has 0 aliphatic heterocycles. The molecule has 0 saturated heterocycles. The molecule has 202 valence electrons. The van der Waals surface area contributed by atoms with Gasteiger partial charge in [-0.05, 0) is 78.6 Å². The second-order valence-corrected chi connectivity index (χ2v) is 10.7. The Labute approximate surface area is 222 Å². The summed E-state index contributed by atoms with van der Waals surface area (Å²) in [7, 11) is -4.94. The average molecular weight is 533 g/mol. The van der Waals surface area contributed by atoms with Crippen molar-refractivity contribution in [3.63, 3.8) is 0 Å². The zero-order valence-electron chi connectivity index (χ0n) is 22.6. The van der Waals surface area contributed by atoms with Crippen molar-refractivity contribution in [3.05, 3.63) is 76.5 Å². The van der Waals surface area contributed by atoms with Gasteiger partial charge in [-0.2, -0.15) is 0 Å². The van der Waals surface area contributed by atoms with Gasteiger partial charge in [0.25, 0.3) is 0 Å². The van der Waals surface area contributed by atoms with Gasteiger partial charge < -0.3 is 9.47 Å². The molecule has 0 unspecified atom stereocenters. The summed E-state index contributed by atoms with van der Waals surface area (Å²) in [5, 5.41) is 0. The highest BCUT2D eigenvalue weighted by molar-refractivity contribution is 5.61. The molecule has 0 fully saturated rings. The van der Waals surface area contributed by atoms with Crippen molar-refractivity contribution in [2.75, 3.05) is 13.2 Å². The maximum Gasteiger partial charge on any atom is 0.360 e. The molecule has 3 aromatic rings. The average Bonchev–Trinajstić information content (AvgIpc) is 2.76. The minimum Gasteiger partial charge on any atom is -0.493 e. The van der Waals surface area contributed by atoms with E-state index >= 15 is 0 Å². The van der Waals surface area contributed by atoms with Gasteiger partial charge in [0.15, 0.2) is 0 Å². The predicted molar refractivity (Wildman–Crippen MR) is 133 cm³/mol. The molecule has 0 saturated carbocycles. The molecule has 0 N–H and O–H groups in total. The quantitative estimate of drug-likeness (QED) is 0.388. The SMILES string of the molecule is Cc1cc(Cc2ccc(OCC(C)C)c(C)c2)cc(-c2ccc(OCC(C)C)c(C)c2)[o+]1.[O-][Cl+3]([O-])([O-])[O-]. The van der Waals surface area contributed by atoms with Crippen molar-refractivity contribution in [3.8, 4) is 22.8 Å². The third-order valence-electron chi connectivity index (χ3n) is 5.23. The Morgan fingerprint density at radius 2 is 1.22 bits per heavy atom. The molecule has 2 aromatic carbocycles. The lowest BCUT2D eigenvalue weighted by atomic mass is 10.0. The van der Waals surface area contributed by atoms with E-state index in [4.69, 9.17) is 32.5 Å².